The molecule has 5 heteroatoms. The lowest BCUT2D eigenvalue weighted by Crippen LogP contribution is -2.42. The monoisotopic (exact) mass is 356 g/mol. The van der Waals surface area contributed by atoms with Gasteiger partial charge < -0.3 is 10.1 Å². The van der Waals surface area contributed by atoms with Crippen molar-refractivity contribution in [2.45, 2.75) is 31.8 Å². The second-order valence-corrected chi connectivity index (χ2v) is 7.89. The molecule has 132 valence electrons. The van der Waals surface area contributed by atoms with E-state index in [0.29, 0.717) is 19.1 Å². The molecule has 1 aromatic heterocycles. The van der Waals surface area contributed by atoms with Gasteiger partial charge in [0.15, 0.2) is 0 Å². The van der Waals surface area contributed by atoms with E-state index in [2.05, 4.69) is 21.7 Å². The highest BCUT2D eigenvalue weighted by molar-refractivity contribution is 7.10. The van der Waals surface area contributed by atoms with Crippen LogP contribution in [0.25, 0.3) is 0 Å². The van der Waals surface area contributed by atoms with Crippen LogP contribution in [-0.2, 0) is 17.8 Å². The molecule has 1 aromatic carbocycles. The smallest absolute Gasteiger partial charge is 0.234 e. The fourth-order valence-corrected chi connectivity index (χ4v) is 4.74. The molecule has 2 aromatic rings. The van der Waals surface area contributed by atoms with E-state index >= 15 is 0 Å². The molecule has 1 fully saturated rings. The van der Waals surface area contributed by atoms with Crippen LogP contribution in [0, 0.1) is 5.92 Å². The quantitative estimate of drug-likeness (QED) is 0.863. The van der Waals surface area contributed by atoms with Gasteiger partial charge in [-0.15, -0.1) is 11.3 Å². The summed E-state index contributed by atoms with van der Waals surface area (Å²) in [4.78, 5) is 16.4. The lowest BCUT2D eigenvalue weighted by molar-refractivity contribution is -0.123. The van der Waals surface area contributed by atoms with Crippen molar-refractivity contribution in [3.8, 4) is 5.75 Å². The van der Waals surface area contributed by atoms with Crippen molar-refractivity contribution in [3.05, 3.63) is 51.7 Å². The highest BCUT2D eigenvalue weighted by Crippen LogP contribution is 2.48. The number of hydrogen-bond acceptors (Lipinski definition) is 4. The first-order valence-electron chi connectivity index (χ1n) is 8.95. The van der Waals surface area contributed by atoms with E-state index in [9.17, 15) is 4.79 Å². The third-order valence-electron chi connectivity index (χ3n) is 5.20. The second-order valence-electron chi connectivity index (χ2n) is 6.89. The summed E-state index contributed by atoms with van der Waals surface area (Å²) >= 11 is 1.87. The summed E-state index contributed by atoms with van der Waals surface area (Å²) in [5.41, 5.74) is 2.48. The Labute approximate surface area is 152 Å². The molecule has 1 N–H and O–H groups in total. The SMILES string of the molecule is COc1ccccc1CNC(=O)CN1CCc2sccc2C1C1CC1. The predicted octanol–water partition coefficient (Wildman–Crippen LogP) is 3.38. The zero-order valence-electron chi connectivity index (χ0n) is 14.5. The Morgan fingerprint density at radius 2 is 2.16 bits per heavy atom. The van der Waals surface area contributed by atoms with Crippen molar-refractivity contribution >= 4 is 17.2 Å². The number of fused-ring (bicyclic) bond motifs is 1. The summed E-state index contributed by atoms with van der Waals surface area (Å²) in [6.45, 7) is 1.97. The molecule has 1 saturated carbocycles. The van der Waals surface area contributed by atoms with Gasteiger partial charge in [-0.1, -0.05) is 18.2 Å². The van der Waals surface area contributed by atoms with Gasteiger partial charge in [-0.05, 0) is 48.3 Å². The van der Waals surface area contributed by atoms with E-state index in [1.165, 1.54) is 23.3 Å². The maximum atomic E-state index is 12.5. The molecule has 2 heterocycles. The summed E-state index contributed by atoms with van der Waals surface area (Å²) in [6, 6.07) is 10.5. The number of hydrogen-bond donors (Lipinski definition) is 1. The second kappa shape index (κ2) is 7.18. The number of nitrogens with zero attached hydrogens (tertiary/aromatic N) is 1. The van der Waals surface area contributed by atoms with Crippen LogP contribution in [0.2, 0.25) is 0 Å². The predicted molar refractivity (Wildman–Crippen MR) is 99.9 cm³/mol. The molecule has 1 atom stereocenters. The van der Waals surface area contributed by atoms with Gasteiger partial charge in [0.1, 0.15) is 5.75 Å². The zero-order valence-corrected chi connectivity index (χ0v) is 15.3. The van der Waals surface area contributed by atoms with Crippen LogP contribution in [-0.4, -0.2) is 31.0 Å². The molecule has 1 amide bonds. The first kappa shape index (κ1) is 16.6. The van der Waals surface area contributed by atoms with Crippen LogP contribution in [0.5, 0.6) is 5.75 Å². The molecule has 0 saturated heterocycles. The number of ether oxygens (including phenoxy) is 1. The van der Waals surface area contributed by atoms with Gasteiger partial charge in [-0.3, -0.25) is 9.69 Å². The van der Waals surface area contributed by atoms with Crippen molar-refractivity contribution in [3.63, 3.8) is 0 Å². The lowest BCUT2D eigenvalue weighted by Gasteiger charge is -2.35. The number of methoxy groups -OCH3 is 1. The zero-order chi connectivity index (χ0) is 17.2. The van der Waals surface area contributed by atoms with E-state index in [-0.39, 0.29) is 5.91 Å². The van der Waals surface area contributed by atoms with Crippen molar-refractivity contribution < 1.29 is 9.53 Å². The molecule has 0 radical (unpaired) electrons. The number of para-hydroxylation sites is 1. The molecule has 0 bridgehead atoms. The summed E-state index contributed by atoms with van der Waals surface area (Å²) in [5.74, 6) is 1.64. The van der Waals surface area contributed by atoms with Gasteiger partial charge in [0.05, 0.1) is 13.7 Å². The van der Waals surface area contributed by atoms with Gasteiger partial charge in [0, 0.05) is 29.6 Å². The van der Waals surface area contributed by atoms with Gasteiger partial charge in [-0.2, -0.15) is 0 Å². The Bertz CT molecular complexity index is 754. The van der Waals surface area contributed by atoms with E-state index in [1.54, 1.807) is 7.11 Å². The molecule has 2 aliphatic rings. The van der Waals surface area contributed by atoms with Gasteiger partial charge in [0.2, 0.25) is 5.91 Å². The lowest BCUT2D eigenvalue weighted by atomic mass is 9.96. The van der Waals surface area contributed by atoms with Crippen LogP contribution in [0.3, 0.4) is 0 Å². The number of carbonyl (C=O) groups excluding carboxylic acids is 1. The van der Waals surface area contributed by atoms with Gasteiger partial charge >= 0.3 is 0 Å². The van der Waals surface area contributed by atoms with Crippen LogP contribution in [0.15, 0.2) is 35.7 Å². The fourth-order valence-electron chi connectivity index (χ4n) is 3.82. The highest BCUT2D eigenvalue weighted by atomic mass is 32.1. The van der Waals surface area contributed by atoms with E-state index in [4.69, 9.17) is 4.74 Å². The third-order valence-corrected chi connectivity index (χ3v) is 6.20. The number of nitrogens with one attached hydrogen (secondary N) is 1. The average molecular weight is 356 g/mol. The number of benzene rings is 1. The first-order chi connectivity index (χ1) is 12.3. The first-order valence-corrected chi connectivity index (χ1v) is 9.83. The van der Waals surface area contributed by atoms with Gasteiger partial charge in [0.25, 0.3) is 0 Å². The largest absolute Gasteiger partial charge is 0.496 e. The van der Waals surface area contributed by atoms with Crippen LogP contribution < -0.4 is 10.1 Å². The van der Waals surface area contributed by atoms with E-state index in [1.807, 2.05) is 35.6 Å². The molecular weight excluding hydrogens is 332 g/mol. The molecule has 25 heavy (non-hydrogen) atoms. The minimum atomic E-state index is 0.0928. The Balaban J connectivity index is 1.39. The van der Waals surface area contributed by atoms with E-state index in [0.717, 1.165) is 30.2 Å². The van der Waals surface area contributed by atoms with Crippen molar-refractivity contribution in [1.29, 1.82) is 0 Å². The summed E-state index contributed by atoms with van der Waals surface area (Å²) in [6.07, 6.45) is 3.65. The van der Waals surface area contributed by atoms with Crippen molar-refractivity contribution in [2.75, 3.05) is 20.2 Å². The molecule has 4 nitrogen and oxygen atoms in total. The third kappa shape index (κ3) is 3.58. The minimum absolute atomic E-state index is 0.0928. The van der Waals surface area contributed by atoms with Gasteiger partial charge in [-0.25, -0.2) is 0 Å². The standard InChI is InChI=1S/C20H24N2O2S/c1-24-17-5-3-2-4-15(17)12-21-19(23)13-22-10-8-18-16(9-11-25-18)20(22)14-6-7-14/h2-5,9,11,14,20H,6-8,10,12-13H2,1H3,(H,21,23). The van der Waals surface area contributed by atoms with Crippen molar-refractivity contribution in [2.24, 2.45) is 5.92 Å². The molecular formula is C20H24N2O2S. The summed E-state index contributed by atoms with van der Waals surface area (Å²) < 4.78 is 5.35. The molecule has 1 aliphatic carbocycles. The maximum absolute atomic E-state index is 12.5. The normalized spacial score (nSPS) is 20.1. The Kier molecular flexibility index (Phi) is 4.77. The van der Waals surface area contributed by atoms with Crippen LogP contribution in [0.1, 0.15) is 34.9 Å². The average Bonchev–Trinajstić information content (AvgIpc) is 3.36. The number of carbonyl (C=O) groups is 1. The van der Waals surface area contributed by atoms with Crippen molar-refractivity contribution in [1.82, 2.24) is 10.2 Å². The minimum Gasteiger partial charge on any atom is -0.496 e. The van der Waals surface area contributed by atoms with Crippen LogP contribution >= 0.6 is 11.3 Å². The summed E-state index contributed by atoms with van der Waals surface area (Å²) in [5, 5.41) is 5.26. The molecule has 1 aliphatic heterocycles. The number of thiophene rings is 1. The maximum Gasteiger partial charge on any atom is 0.234 e. The fraction of sp³-hybridized carbons (Fsp3) is 0.450. The molecule has 4 rings (SSSR count). The molecule has 0 spiro atoms. The Hall–Kier alpha value is -1.85. The Morgan fingerprint density at radius 1 is 1.32 bits per heavy atom. The van der Waals surface area contributed by atoms with E-state index < -0.39 is 0 Å². The molecule has 1 unspecified atom stereocenters. The topological polar surface area (TPSA) is 41.6 Å². The highest BCUT2D eigenvalue weighted by Gasteiger charge is 2.40. The number of rotatable bonds is 6. The summed E-state index contributed by atoms with van der Waals surface area (Å²) in [7, 11) is 1.66. The Morgan fingerprint density at radius 3 is 2.96 bits per heavy atom. The van der Waals surface area contributed by atoms with Crippen LogP contribution in [0.4, 0.5) is 0 Å². The number of amides is 1.